The van der Waals surface area contributed by atoms with Crippen molar-refractivity contribution < 1.29 is 20.3 Å². The molecule has 1 unspecified atom stereocenters. The second-order valence-electron chi connectivity index (χ2n) is 12.2. The van der Waals surface area contributed by atoms with Crippen LogP contribution in [0, 0.1) is 23.2 Å². The maximum Gasteiger partial charge on any atom is 0.481 e. The smallest absolute Gasteiger partial charge is 0.404 e. The molecular formula is C29H39BN4O4. The van der Waals surface area contributed by atoms with Gasteiger partial charge in [-0.3, -0.25) is 14.6 Å². The van der Waals surface area contributed by atoms with Gasteiger partial charge in [0.15, 0.2) is 0 Å². The summed E-state index contributed by atoms with van der Waals surface area (Å²) in [5.74, 6) is -0.483. The number of nitrogens with one attached hydrogen (secondary N) is 2. The molecule has 1 aliphatic heterocycles. The van der Waals surface area contributed by atoms with Crippen molar-refractivity contribution in [3.05, 3.63) is 60.2 Å². The second kappa shape index (κ2) is 10.4. The molecular weight excluding hydrogens is 479 g/mol. The number of nitrogens with zero attached hydrogens (tertiary/aromatic N) is 2. The zero-order valence-electron chi connectivity index (χ0n) is 23.9. The van der Waals surface area contributed by atoms with Crippen molar-refractivity contribution in [3.8, 4) is 0 Å². The van der Waals surface area contributed by atoms with Crippen molar-refractivity contribution in [2.75, 3.05) is 0 Å². The van der Waals surface area contributed by atoms with Gasteiger partial charge in [-0.2, -0.15) is 0 Å². The third-order valence-electron chi connectivity index (χ3n) is 8.90. The molecule has 1 aromatic heterocycles. The topological polar surface area (TPSA) is 102 Å². The number of hydrogen-bond donors (Lipinski definition) is 2. The van der Waals surface area contributed by atoms with E-state index in [4.69, 9.17) is 9.31 Å². The zero-order valence-corrected chi connectivity index (χ0v) is 22.9. The predicted molar refractivity (Wildman–Crippen MR) is 145 cm³/mol. The Bertz CT molecular complexity index is 1200. The number of aromatic nitrogens is 2. The molecule has 4 fully saturated rings. The molecule has 8 nitrogen and oxygen atoms in total. The van der Waals surface area contributed by atoms with E-state index in [1.165, 1.54) is 18.6 Å². The molecule has 2 aromatic rings. The van der Waals surface area contributed by atoms with Gasteiger partial charge in [0.1, 0.15) is 11.7 Å². The predicted octanol–water partition coefficient (Wildman–Crippen LogP) is 3.62. The van der Waals surface area contributed by atoms with Crippen LogP contribution in [0.1, 0.15) is 71.3 Å². The van der Waals surface area contributed by atoms with Crippen molar-refractivity contribution in [1.82, 2.24) is 20.6 Å². The first-order valence-electron chi connectivity index (χ1n) is 14.2. The summed E-state index contributed by atoms with van der Waals surface area (Å²) < 4.78 is 22.4. The summed E-state index contributed by atoms with van der Waals surface area (Å²) >= 11 is 0. The van der Waals surface area contributed by atoms with E-state index in [9.17, 15) is 11.0 Å². The van der Waals surface area contributed by atoms with E-state index < -0.39 is 36.5 Å². The average Bonchev–Trinajstić information content (AvgIpc) is 3.26. The van der Waals surface area contributed by atoms with E-state index in [1.54, 1.807) is 0 Å². The molecule has 1 aromatic carbocycles. The third-order valence-corrected chi connectivity index (χ3v) is 8.90. The molecule has 2 amide bonds. The number of amides is 2. The van der Waals surface area contributed by atoms with Crippen LogP contribution in [0.4, 0.5) is 0 Å². The van der Waals surface area contributed by atoms with Crippen molar-refractivity contribution in [2.45, 2.75) is 84.0 Å². The molecule has 6 rings (SSSR count). The van der Waals surface area contributed by atoms with Gasteiger partial charge in [0, 0.05) is 18.8 Å². The van der Waals surface area contributed by atoms with Crippen molar-refractivity contribution >= 4 is 18.9 Å². The number of benzene rings is 1. The minimum Gasteiger partial charge on any atom is -0.404 e. The summed E-state index contributed by atoms with van der Waals surface area (Å²) in [6.07, 6.45) is 6.82. The van der Waals surface area contributed by atoms with Crippen LogP contribution in [-0.2, 0) is 20.5 Å². The van der Waals surface area contributed by atoms with E-state index in [2.05, 4.69) is 55.2 Å². The Morgan fingerprint density at radius 1 is 1.16 bits per heavy atom. The van der Waals surface area contributed by atoms with Gasteiger partial charge in [-0.15, -0.1) is 0 Å². The van der Waals surface area contributed by atoms with Gasteiger partial charge in [-0.25, -0.2) is 4.98 Å². The fraction of sp³-hybridized carbons (Fsp3) is 0.586. The Balaban J connectivity index is 1.38. The van der Waals surface area contributed by atoms with Crippen LogP contribution in [0.15, 0.2) is 48.9 Å². The number of hydrogen-bond acceptors (Lipinski definition) is 6. The van der Waals surface area contributed by atoms with E-state index in [0.717, 1.165) is 18.4 Å². The van der Waals surface area contributed by atoms with Crippen LogP contribution >= 0.6 is 0 Å². The number of carbonyl (C=O) groups excluding carboxylic acids is 2. The molecule has 3 aliphatic carbocycles. The zero-order chi connectivity index (χ0) is 28.0. The summed E-state index contributed by atoms with van der Waals surface area (Å²) in [4.78, 5) is 34.9. The highest BCUT2D eigenvalue weighted by Crippen LogP contribution is 2.65. The van der Waals surface area contributed by atoms with Gasteiger partial charge in [0.25, 0.3) is 5.91 Å². The standard InChI is InChI=1S/C29H39BN4O4/c1-18(2)13-25(30-37-24-16-20-15-23(28(20,3)4)29(24,5)38-30)34-26(35)21(14-19-9-7-6-8-10-19)33-27(36)22-17-31-11-12-32-22/h6-12,17-18,20-21,23-25H,13-16H2,1-5H3,(H,33,36)(H,34,35)/t20-,21?,23-,24-,25+,29+/m1/s1/i21D. The van der Waals surface area contributed by atoms with Gasteiger partial charge in [-0.05, 0) is 54.9 Å². The quantitative estimate of drug-likeness (QED) is 0.491. The first kappa shape index (κ1) is 25.5. The molecule has 2 N–H and O–H groups in total. The number of carbonyl (C=O) groups is 2. The van der Waals surface area contributed by atoms with Crippen molar-refractivity contribution in [1.29, 1.82) is 0 Å². The summed E-state index contributed by atoms with van der Waals surface area (Å²) in [7, 11) is -0.627. The second-order valence-corrected chi connectivity index (χ2v) is 12.2. The van der Waals surface area contributed by atoms with Gasteiger partial charge < -0.3 is 19.9 Å². The molecule has 1 saturated heterocycles. The summed E-state index contributed by atoms with van der Waals surface area (Å²) in [6.45, 7) is 10.9. The van der Waals surface area contributed by atoms with E-state index in [0.29, 0.717) is 18.3 Å². The molecule has 4 aliphatic rings. The fourth-order valence-corrected chi connectivity index (χ4v) is 6.67. The van der Waals surface area contributed by atoms with Gasteiger partial charge in [-0.1, -0.05) is 58.0 Å². The molecule has 38 heavy (non-hydrogen) atoms. The molecule has 9 heteroatoms. The lowest BCUT2D eigenvalue weighted by molar-refractivity contribution is -0.199. The first-order valence-corrected chi connectivity index (χ1v) is 13.7. The van der Waals surface area contributed by atoms with Gasteiger partial charge in [0.2, 0.25) is 5.91 Å². The normalized spacial score (nSPS) is 29.9. The van der Waals surface area contributed by atoms with Crippen LogP contribution in [0.3, 0.4) is 0 Å². The van der Waals surface area contributed by atoms with Crippen molar-refractivity contribution in [2.24, 2.45) is 23.2 Å². The Kier molecular flexibility index (Phi) is 6.99. The maximum absolute atomic E-state index is 13.9. The lowest BCUT2D eigenvalue weighted by Gasteiger charge is -2.64. The van der Waals surface area contributed by atoms with Crippen LogP contribution in [0.5, 0.6) is 0 Å². The Morgan fingerprint density at radius 3 is 2.58 bits per heavy atom. The van der Waals surface area contributed by atoms with E-state index in [1.807, 2.05) is 30.3 Å². The minimum absolute atomic E-state index is 0.0210. The molecule has 0 radical (unpaired) electrons. The Labute approximate surface area is 227 Å². The van der Waals surface area contributed by atoms with Crippen molar-refractivity contribution in [3.63, 3.8) is 0 Å². The molecule has 0 spiro atoms. The first-order chi connectivity index (χ1) is 18.4. The van der Waals surface area contributed by atoms with E-state index in [-0.39, 0.29) is 29.6 Å². The number of rotatable bonds is 9. The minimum atomic E-state index is -2.00. The lowest BCUT2D eigenvalue weighted by atomic mass is 9.43. The highest BCUT2D eigenvalue weighted by Gasteiger charge is 2.68. The molecule has 3 saturated carbocycles. The summed E-state index contributed by atoms with van der Waals surface area (Å²) in [5, 5.41) is 5.68. The largest absolute Gasteiger partial charge is 0.481 e. The molecule has 202 valence electrons. The average molecular weight is 519 g/mol. The molecule has 6 atom stereocenters. The third kappa shape index (κ3) is 5.10. The lowest BCUT2D eigenvalue weighted by Crippen LogP contribution is -2.65. The fourth-order valence-electron chi connectivity index (χ4n) is 6.67. The van der Waals surface area contributed by atoms with Crippen LogP contribution in [0.2, 0.25) is 0 Å². The molecule has 2 heterocycles. The van der Waals surface area contributed by atoms with Gasteiger partial charge in [0.05, 0.1) is 25.2 Å². The van der Waals surface area contributed by atoms with E-state index >= 15 is 0 Å². The SMILES string of the molecule is [2H]C(Cc1ccccc1)(NC(=O)c1cnccn1)C(=O)N[C@@H](CC(C)C)B1O[C@@H]2C[C@H]3C[C@H](C3(C)C)[C@]2(C)O1. The monoisotopic (exact) mass is 519 g/mol. The van der Waals surface area contributed by atoms with Gasteiger partial charge >= 0.3 is 7.12 Å². The van der Waals surface area contributed by atoms with Crippen LogP contribution < -0.4 is 10.6 Å². The summed E-state index contributed by atoms with van der Waals surface area (Å²) in [6, 6.07) is 7.22. The highest BCUT2D eigenvalue weighted by molar-refractivity contribution is 6.48. The Morgan fingerprint density at radius 2 is 1.92 bits per heavy atom. The maximum atomic E-state index is 13.9. The van der Waals surface area contributed by atoms with Crippen LogP contribution in [-0.4, -0.2) is 52.6 Å². The molecule has 2 bridgehead atoms. The van der Waals surface area contributed by atoms with Crippen LogP contribution in [0.25, 0.3) is 0 Å². The Hall–Kier alpha value is -2.78. The highest BCUT2D eigenvalue weighted by atomic mass is 16.7. The summed E-state index contributed by atoms with van der Waals surface area (Å²) in [5.41, 5.74) is 0.577.